The number of nitro groups is 1. The minimum Gasteiger partial charge on any atom is -0.483 e. The molecule has 1 atom stereocenters. The first-order chi connectivity index (χ1) is 13.9. The van der Waals surface area contributed by atoms with Crippen molar-refractivity contribution in [1.29, 1.82) is 0 Å². The van der Waals surface area contributed by atoms with E-state index in [-0.39, 0.29) is 12.3 Å². The van der Waals surface area contributed by atoms with Crippen molar-refractivity contribution in [3.8, 4) is 5.75 Å². The maximum absolute atomic E-state index is 11.9. The van der Waals surface area contributed by atoms with E-state index in [9.17, 15) is 19.7 Å². The lowest BCUT2D eigenvalue weighted by Crippen LogP contribution is -2.43. The number of nitrogens with one attached hydrogen (secondary N) is 2. The first kappa shape index (κ1) is 21.6. The largest absolute Gasteiger partial charge is 0.483 e. The summed E-state index contributed by atoms with van der Waals surface area (Å²) in [7, 11) is 0. The first-order valence-corrected chi connectivity index (χ1v) is 9.13. The van der Waals surface area contributed by atoms with Crippen LogP contribution in [0.1, 0.15) is 37.3 Å². The third-order valence-corrected chi connectivity index (χ3v) is 4.28. The summed E-state index contributed by atoms with van der Waals surface area (Å²) in [6.07, 6.45) is 3.63. The van der Waals surface area contributed by atoms with Crippen LogP contribution in [0.15, 0.2) is 54.6 Å². The van der Waals surface area contributed by atoms with Gasteiger partial charge in [0.25, 0.3) is 17.5 Å². The smallest absolute Gasteiger partial charge is 0.276 e. The number of carbonyl (C=O) groups excluding carboxylic acids is 2. The number of amides is 2. The van der Waals surface area contributed by atoms with Gasteiger partial charge in [0.1, 0.15) is 5.75 Å². The van der Waals surface area contributed by atoms with E-state index in [0.717, 1.165) is 12.0 Å². The summed E-state index contributed by atoms with van der Waals surface area (Å²) in [5, 5.41) is 10.6. The second-order valence-corrected chi connectivity index (χ2v) is 6.36. The zero-order chi connectivity index (χ0) is 21.2. The maximum Gasteiger partial charge on any atom is 0.276 e. The lowest BCUT2D eigenvalue weighted by molar-refractivity contribution is -0.384. The van der Waals surface area contributed by atoms with Crippen molar-refractivity contribution >= 4 is 23.6 Å². The van der Waals surface area contributed by atoms with Gasteiger partial charge in [-0.15, -0.1) is 0 Å². The van der Waals surface area contributed by atoms with Crippen molar-refractivity contribution in [2.75, 3.05) is 6.61 Å². The van der Waals surface area contributed by atoms with Gasteiger partial charge in [-0.2, -0.15) is 0 Å². The van der Waals surface area contributed by atoms with Crippen LogP contribution in [0.5, 0.6) is 5.75 Å². The Labute approximate surface area is 168 Å². The summed E-state index contributed by atoms with van der Waals surface area (Å²) in [5.41, 5.74) is 6.13. The number of benzene rings is 2. The number of hydrogen-bond donors (Lipinski definition) is 2. The van der Waals surface area contributed by atoms with Crippen molar-refractivity contribution in [2.45, 2.75) is 26.2 Å². The average Bonchev–Trinajstić information content (AvgIpc) is 2.74. The Kier molecular flexibility index (Phi) is 7.90. The number of carbonyl (C=O) groups is 2. The molecule has 29 heavy (non-hydrogen) atoms. The lowest BCUT2D eigenvalue weighted by atomic mass is 9.98. The molecule has 2 aromatic rings. The molecule has 0 aliphatic carbocycles. The molecule has 0 fully saturated rings. The lowest BCUT2D eigenvalue weighted by Gasteiger charge is -2.15. The fourth-order valence-electron chi connectivity index (χ4n) is 2.47. The van der Waals surface area contributed by atoms with Gasteiger partial charge in [-0.1, -0.05) is 32.0 Å². The van der Waals surface area contributed by atoms with E-state index in [4.69, 9.17) is 4.74 Å². The molecule has 1 unspecified atom stereocenters. The number of hydrogen-bond acceptors (Lipinski definition) is 5. The van der Waals surface area contributed by atoms with Crippen molar-refractivity contribution < 1.29 is 19.2 Å². The van der Waals surface area contributed by atoms with Crippen molar-refractivity contribution in [3.63, 3.8) is 0 Å². The van der Waals surface area contributed by atoms with Gasteiger partial charge < -0.3 is 4.74 Å². The number of hydrazine groups is 1. The Bertz CT molecular complexity index is 893. The van der Waals surface area contributed by atoms with Crippen LogP contribution in [-0.4, -0.2) is 23.3 Å². The monoisotopic (exact) mass is 397 g/mol. The summed E-state index contributed by atoms with van der Waals surface area (Å²) >= 11 is 0. The van der Waals surface area contributed by atoms with Gasteiger partial charge in [-0.3, -0.25) is 30.6 Å². The molecule has 152 valence electrons. The third-order valence-electron chi connectivity index (χ3n) is 4.28. The van der Waals surface area contributed by atoms with Crippen LogP contribution in [0.25, 0.3) is 6.08 Å². The van der Waals surface area contributed by atoms with Crippen LogP contribution in [-0.2, 0) is 9.59 Å². The number of non-ortho nitro benzene ring substituents is 1. The number of rotatable bonds is 8. The summed E-state index contributed by atoms with van der Waals surface area (Å²) in [6, 6.07) is 13.2. The predicted octanol–water partition coefficient (Wildman–Crippen LogP) is 3.35. The number of nitrogens with zero attached hydrogens (tertiary/aromatic N) is 1. The Morgan fingerprint density at radius 2 is 1.83 bits per heavy atom. The number of nitro benzene ring substituents is 1. The highest BCUT2D eigenvalue weighted by atomic mass is 16.6. The van der Waals surface area contributed by atoms with Gasteiger partial charge in [0.2, 0.25) is 0 Å². The molecule has 0 aromatic heterocycles. The Balaban J connectivity index is 1.80. The number of para-hydroxylation sites is 1. The summed E-state index contributed by atoms with van der Waals surface area (Å²) in [5.74, 6) is -0.0994. The van der Waals surface area contributed by atoms with Crippen molar-refractivity contribution in [2.24, 2.45) is 0 Å². The molecule has 0 spiro atoms. The first-order valence-electron chi connectivity index (χ1n) is 9.13. The quantitative estimate of drug-likeness (QED) is 0.403. The maximum atomic E-state index is 11.9. The van der Waals surface area contributed by atoms with E-state index in [2.05, 4.69) is 24.7 Å². The highest BCUT2D eigenvalue weighted by Crippen LogP contribution is 2.28. The molecule has 0 aliphatic rings. The van der Waals surface area contributed by atoms with E-state index < -0.39 is 16.7 Å². The van der Waals surface area contributed by atoms with E-state index in [0.29, 0.717) is 17.2 Å². The molecule has 8 nitrogen and oxygen atoms in total. The van der Waals surface area contributed by atoms with E-state index in [1.165, 1.54) is 36.4 Å². The fourth-order valence-corrected chi connectivity index (χ4v) is 2.47. The van der Waals surface area contributed by atoms with Gasteiger partial charge >= 0.3 is 0 Å². The minimum absolute atomic E-state index is 0.0335. The summed E-state index contributed by atoms with van der Waals surface area (Å²) < 4.78 is 5.58. The molecular formula is C21H23N3O5. The fraction of sp³-hybridized carbons (Fsp3) is 0.238. The van der Waals surface area contributed by atoms with E-state index in [1.54, 1.807) is 6.07 Å². The molecule has 0 aliphatic heterocycles. The zero-order valence-electron chi connectivity index (χ0n) is 16.3. The molecule has 2 aromatic carbocycles. The van der Waals surface area contributed by atoms with E-state index in [1.807, 2.05) is 18.2 Å². The standard InChI is InChI=1S/C21H23N3O5/c1-3-15(2)18-6-4-5-7-19(18)29-14-21(26)23-22-20(25)13-10-16-8-11-17(12-9-16)24(27)28/h4-13,15H,3,14H2,1-2H3,(H,22,25)(H,23,26)/b13-10+. The van der Waals surface area contributed by atoms with Crippen LogP contribution in [0.2, 0.25) is 0 Å². The van der Waals surface area contributed by atoms with Gasteiger partial charge in [-0.05, 0) is 47.7 Å². The molecule has 0 saturated carbocycles. The molecule has 0 bridgehead atoms. The van der Waals surface area contributed by atoms with Crippen LogP contribution in [0.4, 0.5) is 5.69 Å². The van der Waals surface area contributed by atoms with Gasteiger partial charge in [0.15, 0.2) is 6.61 Å². The van der Waals surface area contributed by atoms with Crippen molar-refractivity contribution in [1.82, 2.24) is 10.9 Å². The molecule has 2 N–H and O–H groups in total. The molecule has 2 rings (SSSR count). The van der Waals surface area contributed by atoms with Gasteiger partial charge in [0, 0.05) is 18.2 Å². The zero-order valence-corrected chi connectivity index (χ0v) is 16.3. The van der Waals surface area contributed by atoms with Crippen LogP contribution in [0.3, 0.4) is 0 Å². The topological polar surface area (TPSA) is 111 Å². The summed E-state index contributed by atoms with van der Waals surface area (Å²) in [4.78, 5) is 33.8. The highest BCUT2D eigenvalue weighted by Gasteiger charge is 2.11. The molecule has 0 radical (unpaired) electrons. The molecule has 0 saturated heterocycles. The molecule has 8 heteroatoms. The highest BCUT2D eigenvalue weighted by molar-refractivity contribution is 5.93. The Morgan fingerprint density at radius 1 is 1.14 bits per heavy atom. The second kappa shape index (κ2) is 10.6. The molecular weight excluding hydrogens is 374 g/mol. The average molecular weight is 397 g/mol. The van der Waals surface area contributed by atoms with Gasteiger partial charge in [0.05, 0.1) is 4.92 Å². The van der Waals surface area contributed by atoms with Crippen LogP contribution < -0.4 is 15.6 Å². The van der Waals surface area contributed by atoms with Crippen LogP contribution >= 0.6 is 0 Å². The Morgan fingerprint density at radius 3 is 2.48 bits per heavy atom. The predicted molar refractivity (Wildman–Crippen MR) is 109 cm³/mol. The van der Waals surface area contributed by atoms with Crippen LogP contribution in [0, 0.1) is 10.1 Å². The van der Waals surface area contributed by atoms with E-state index >= 15 is 0 Å². The second-order valence-electron chi connectivity index (χ2n) is 6.36. The third kappa shape index (κ3) is 6.76. The minimum atomic E-state index is -0.545. The summed E-state index contributed by atoms with van der Waals surface area (Å²) in [6.45, 7) is 3.92. The SMILES string of the molecule is CCC(C)c1ccccc1OCC(=O)NNC(=O)/C=C/c1ccc([N+](=O)[O-])cc1. The normalized spacial score (nSPS) is 11.7. The number of ether oxygens (including phenoxy) is 1. The Hall–Kier alpha value is -3.68. The molecule has 0 heterocycles. The van der Waals surface area contributed by atoms with Crippen molar-refractivity contribution in [3.05, 3.63) is 75.8 Å². The van der Waals surface area contributed by atoms with Gasteiger partial charge in [-0.25, -0.2) is 0 Å². The molecule has 2 amide bonds.